The van der Waals surface area contributed by atoms with Crippen LogP contribution in [-0.2, 0) is 0 Å². The average Bonchev–Trinajstić information content (AvgIpc) is 2.43. The molecule has 0 radical (unpaired) electrons. The molecule has 0 spiro atoms. The van der Waals surface area contributed by atoms with Crippen molar-refractivity contribution in [2.45, 2.75) is 19.8 Å². The Kier molecular flexibility index (Phi) is 4.68. The van der Waals surface area contributed by atoms with Crippen LogP contribution in [0.2, 0.25) is 0 Å². The fraction of sp³-hybridized carbons (Fsp3) is 0.400. The third-order valence-corrected chi connectivity index (χ3v) is 3.33. The first-order valence-electron chi connectivity index (χ1n) is 6.60. The van der Waals surface area contributed by atoms with Gasteiger partial charge in [0, 0.05) is 13.1 Å². The van der Waals surface area contributed by atoms with Gasteiger partial charge in [0.15, 0.2) is 0 Å². The largest absolute Gasteiger partial charge is 0.352 e. The summed E-state index contributed by atoms with van der Waals surface area (Å²) in [4.78, 5) is 11.9. The molecule has 0 saturated carbocycles. The summed E-state index contributed by atoms with van der Waals surface area (Å²) >= 11 is 0. The van der Waals surface area contributed by atoms with Crippen molar-refractivity contribution >= 4 is 5.91 Å². The van der Waals surface area contributed by atoms with Gasteiger partial charge in [-0.3, -0.25) is 4.79 Å². The minimum Gasteiger partial charge on any atom is -0.352 e. The molecule has 2 rings (SSSR count). The molecule has 0 atom stereocenters. The van der Waals surface area contributed by atoms with Crippen molar-refractivity contribution < 1.29 is 9.18 Å². The monoisotopic (exact) mass is 262 g/mol. The predicted molar refractivity (Wildman–Crippen MR) is 73.7 cm³/mol. The summed E-state index contributed by atoms with van der Waals surface area (Å²) in [5.74, 6) is -0.767. The molecule has 0 bridgehead atoms. The number of halogens is 1. The summed E-state index contributed by atoms with van der Waals surface area (Å²) in [6, 6.07) is 4.87. The van der Waals surface area contributed by atoms with Crippen LogP contribution in [0, 0.1) is 12.7 Å². The van der Waals surface area contributed by atoms with E-state index in [0.29, 0.717) is 12.1 Å². The first kappa shape index (κ1) is 13.7. The van der Waals surface area contributed by atoms with Gasteiger partial charge in [-0.15, -0.1) is 0 Å². The van der Waals surface area contributed by atoms with E-state index in [9.17, 15) is 9.18 Å². The molecular formula is C15H19FN2O. The maximum atomic E-state index is 13.8. The highest BCUT2D eigenvalue weighted by Gasteiger charge is 2.12. The Morgan fingerprint density at radius 2 is 2.32 bits per heavy atom. The third-order valence-electron chi connectivity index (χ3n) is 3.33. The van der Waals surface area contributed by atoms with E-state index < -0.39 is 5.82 Å². The molecule has 1 amide bonds. The first-order chi connectivity index (χ1) is 9.18. The lowest BCUT2D eigenvalue weighted by molar-refractivity contribution is 0.0950. The summed E-state index contributed by atoms with van der Waals surface area (Å²) in [5, 5.41) is 6.01. The van der Waals surface area contributed by atoms with Gasteiger partial charge in [0.05, 0.1) is 5.56 Å². The van der Waals surface area contributed by atoms with Crippen molar-refractivity contribution in [3.8, 4) is 0 Å². The van der Waals surface area contributed by atoms with Crippen molar-refractivity contribution in [2.24, 2.45) is 0 Å². The molecule has 1 heterocycles. The molecule has 0 fully saturated rings. The van der Waals surface area contributed by atoms with Crippen molar-refractivity contribution in [1.29, 1.82) is 0 Å². The van der Waals surface area contributed by atoms with E-state index in [1.54, 1.807) is 19.1 Å². The van der Waals surface area contributed by atoms with Gasteiger partial charge in [0.25, 0.3) is 5.91 Å². The Morgan fingerprint density at radius 3 is 3.05 bits per heavy atom. The topological polar surface area (TPSA) is 41.1 Å². The summed E-state index contributed by atoms with van der Waals surface area (Å²) in [6.07, 6.45) is 4.01. The van der Waals surface area contributed by atoms with Crippen molar-refractivity contribution in [3.63, 3.8) is 0 Å². The Morgan fingerprint density at radius 1 is 1.47 bits per heavy atom. The average molecular weight is 262 g/mol. The second-order valence-electron chi connectivity index (χ2n) is 4.76. The van der Waals surface area contributed by atoms with E-state index in [0.717, 1.165) is 25.9 Å². The molecular weight excluding hydrogens is 243 g/mol. The van der Waals surface area contributed by atoms with E-state index in [1.807, 2.05) is 0 Å². The molecule has 4 heteroatoms. The van der Waals surface area contributed by atoms with Gasteiger partial charge >= 0.3 is 0 Å². The number of rotatable bonds is 4. The van der Waals surface area contributed by atoms with Gasteiger partial charge in [-0.2, -0.15) is 0 Å². The van der Waals surface area contributed by atoms with E-state index in [1.165, 1.54) is 11.6 Å². The van der Waals surface area contributed by atoms with Gasteiger partial charge in [0.1, 0.15) is 5.82 Å². The molecule has 1 aliphatic rings. The van der Waals surface area contributed by atoms with Crippen LogP contribution in [0.3, 0.4) is 0 Å². The first-order valence-corrected chi connectivity index (χ1v) is 6.60. The van der Waals surface area contributed by atoms with Crippen LogP contribution < -0.4 is 10.6 Å². The smallest absolute Gasteiger partial charge is 0.254 e. The van der Waals surface area contributed by atoms with Crippen LogP contribution in [0.1, 0.15) is 28.8 Å². The lowest BCUT2D eigenvalue weighted by atomic mass is 10.1. The number of hydrogen-bond acceptors (Lipinski definition) is 2. The minimum absolute atomic E-state index is 0.124. The molecule has 1 aliphatic heterocycles. The fourth-order valence-corrected chi connectivity index (χ4v) is 2.15. The number of benzene rings is 1. The van der Waals surface area contributed by atoms with Crippen molar-refractivity contribution in [1.82, 2.24) is 10.6 Å². The second-order valence-corrected chi connectivity index (χ2v) is 4.76. The summed E-state index contributed by atoms with van der Waals surface area (Å²) in [6.45, 7) is 4.10. The molecule has 3 nitrogen and oxygen atoms in total. The molecule has 2 N–H and O–H groups in total. The van der Waals surface area contributed by atoms with Gasteiger partial charge in [0.2, 0.25) is 0 Å². The summed E-state index contributed by atoms with van der Waals surface area (Å²) in [7, 11) is 0. The maximum absolute atomic E-state index is 13.8. The van der Waals surface area contributed by atoms with Crippen LogP contribution in [0.15, 0.2) is 29.8 Å². The molecule has 0 unspecified atom stereocenters. The number of carbonyl (C=O) groups excluding carboxylic acids is 1. The normalized spacial score (nSPS) is 14.9. The van der Waals surface area contributed by atoms with Crippen LogP contribution in [0.25, 0.3) is 0 Å². The van der Waals surface area contributed by atoms with Gasteiger partial charge in [-0.05, 0) is 37.9 Å². The van der Waals surface area contributed by atoms with E-state index in [2.05, 4.69) is 16.7 Å². The number of nitrogens with one attached hydrogen (secondary N) is 2. The van der Waals surface area contributed by atoms with Gasteiger partial charge in [-0.25, -0.2) is 4.39 Å². The molecule has 1 aromatic rings. The standard InChI is InChI=1S/C15H19FN2O/c1-11-3-2-4-13(14(11)16)15(19)18-10-7-12-5-8-17-9-6-12/h2-5,17H,6-10H2,1H3,(H,18,19). The number of amides is 1. The second kappa shape index (κ2) is 6.48. The highest BCUT2D eigenvalue weighted by molar-refractivity contribution is 5.94. The zero-order chi connectivity index (χ0) is 13.7. The highest BCUT2D eigenvalue weighted by Crippen LogP contribution is 2.12. The summed E-state index contributed by atoms with van der Waals surface area (Å²) < 4.78 is 13.8. The quantitative estimate of drug-likeness (QED) is 0.817. The maximum Gasteiger partial charge on any atom is 0.254 e. The Bertz CT molecular complexity index is 497. The van der Waals surface area contributed by atoms with E-state index in [-0.39, 0.29) is 11.5 Å². The zero-order valence-corrected chi connectivity index (χ0v) is 11.1. The van der Waals surface area contributed by atoms with Gasteiger partial charge < -0.3 is 10.6 Å². The van der Waals surface area contributed by atoms with E-state index in [4.69, 9.17) is 0 Å². The highest BCUT2D eigenvalue weighted by atomic mass is 19.1. The molecule has 0 aromatic heterocycles. The number of hydrogen-bond donors (Lipinski definition) is 2. The van der Waals surface area contributed by atoms with Crippen LogP contribution in [0.4, 0.5) is 4.39 Å². The van der Waals surface area contributed by atoms with E-state index >= 15 is 0 Å². The fourth-order valence-electron chi connectivity index (χ4n) is 2.15. The van der Waals surface area contributed by atoms with Crippen molar-refractivity contribution in [3.05, 3.63) is 46.8 Å². The van der Waals surface area contributed by atoms with Crippen molar-refractivity contribution in [2.75, 3.05) is 19.6 Å². The molecule has 102 valence electrons. The molecule has 1 aromatic carbocycles. The molecule has 0 aliphatic carbocycles. The lowest BCUT2D eigenvalue weighted by Gasteiger charge is -2.14. The van der Waals surface area contributed by atoms with Gasteiger partial charge in [-0.1, -0.05) is 23.8 Å². The SMILES string of the molecule is Cc1cccc(C(=O)NCCC2=CCNCC2)c1F. The number of carbonyl (C=O) groups is 1. The minimum atomic E-state index is -0.430. The predicted octanol–water partition coefficient (Wildman–Crippen LogP) is 2.17. The molecule has 19 heavy (non-hydrogen) atoms. The van der Waals surface area contributed by atoms with Crippen LogP contribution in [0.5, 0.6) is 0 Å². The third kappa shape index (κ3) is 3.64. The lowest BCUT2D eigenvalue weighted by Crippen LogP contribution is -2.27. The zero-order valence-electron chi connectivity index (χ0n) is 11.1. The number of aryl methyl sites for hydroxylation is 1. The van der Waals surface area contributed by atoms with Crippen LogP contribution >= 0.6 is 0 Å². The Labute approximate surface area is 112 Å². The summed E-state index contributed by atoms with van der Waals surface area (Å²) in [5.41, 5.74) is 1.97. The Hall–Kier alpha value is -1.68. The Balaban J connectivity index is 1.87. The van der Waals surface area contributed by atoms with Crippen LogP contribution in [-0.4, -0.2) is 25.5 Å². The molecule has 0 saturated heterocycles.